The van der Waals surface area contributed by atoms with E-state index in [9.17, 15) is 96.4 Å². The number of hydrogen-bond donors (Lipinski definition) is 6. The van der Waals surface area contributed by atoms with E-state index in [-0.39, 0.29) is 165 Å². The Morgan fingerprint density at radius 1 is 0.228 bits per heavy atom. The quantitative estimate of drug-likeness (QED) is 0.0338. The first kappa shape index (κ1) is 84.7. The minimum absolute atomic E-state index is 0. The molecule has 6 amide bonds. The normalized spacial score (nSPS) is 13.5. The summed E-state index contributed by atoms with van der Waals surface area (Å²) >= 11 is 37.6. The molecule has 0 atom stereocenters. The number of carbonyl (C=O) groups excluding carboxylic acids is 6. The van der Waals surface area contributed by atoms with Gasteiger partial charge in [-0.05, 0) is 162 Å². The summed E-state index contributed by atoms with van der Waals surface area (Å²) in [5.74, 6) is -2.74. The molecule has 18 aromatic rings. The van der Waals surface area contributed by atoms with Crippen LogP contribution in [0.5, 0.6) is 0 Å². The molecule has 0 bridgehead atoms. The largest absolute Gasteiger partial charge is 3.00 e. The standard InChI is InChI=1S/3C29H15Cl2N3O7S.Al/c3*30-19-9-23-15(5-12(19)11-34-28(37)13-3-1-2-4-14(13)29(34)38)26(35)16-6-22-17(7-21(16)32-23)27(36)18-8-25(42(39,40)41)20(31)10-24(18)33-22;/h3*1-10H,11H2,(H,32,35)(H,33,36)(H,39,40,41);/q;;;+3/p-3. The van der Waals surface area contributed by atoms with Crippen LogP contribution in [0.4, 0.5) is 0 Å². The third kappa shape index (κ3) is 14.1. The van der Waals surface area contributed by atoms with Gasteiger partial charge in [0.1, 0.15) is 30.4 Å². The molecule has 6 N–H and O–H groups in total. The Kier molecular flexibility index (Phi) is 20.4. The number of hydrogen-bond acceptors (Lipinski definition) is 21. The van der Waals surface area contributed by atoms with E-state index in [1.165, 1.54) is 91.0 Å². The number of halogens is 6. The van der Waals surface area contributed by atoms with Gasteiger partial charge >= 0.3 is 17.4 Å². The van der Waals surface area contributed by atoms with Crippen molar-refractivity contribution in [3.05, 3.63) is 324 Å². The van der Waals surface area contributed by atoms with Gasteiger partial charge in [-0.25, -0.2) is 25.3 Å². The zero-order valence-corrected chi connectivity index (χ0v) is 71.6. The molecule has 624 valence electrons. The number of H-pyrrole nitrogens is 6. The van der Waals surface area contributed by atoms with Gasteiger partial charge in [-0.1, -0.05) is 106 Å². The molecule has 0 aliphatic carbocycles. The summed E-state index contributed by atoms with van der Waals surface area (Å²) in [4.78, 5) is 178. The van der Waals surface area contributed by atoms with Gasteiger partial charge in [-0.15, -0.1) is 0 Å². The first-order valence-corrected chi connectivity index (χ1v) is 43.4. The fourth-order valence-corrected chi connectivity index (χ4v) is 19.8. The first-order valence-electron chi connectivity index (χ1n) is 36.9. The Morgan fingerprint density at radius 3 is 0.551 bits per heavy atom. The summed E-state index contributed by atoms with van der Waals surface area (Å²) < 4.78 is 104. The summed E-state index contributed by atoms with van der Waals surface area (Å²) in [6, 6.07) is 43.7. The van der Waals surface area contributed by atoms with Crippen molar-refractivity contribution in [1.29, 1.82) is 0 Å². The van der Waals surface area contributed by atoms with Crippen LogP contribution in [0.2, 0.25) is 30.1 Å². The Hall–Kier alpha value is -13.1. The van der Waals surface area contributed by atoms with Crippen molar-refractivity contribution in [3.8, 4) is 0 Å². The van der Waals surface area contributed by atoms with Gasteiger partial charge in [0.05, 0.1) is 149 Å². The Balaban J connectivity index is 0.000000128. The number of nitrogens with zero attached hydrogens (tertiary/aromatic N) is 3. The number of amides is 6. The summed E-state index contributed by atoms with van der Waals surface area (Å²) in [5, 5.41) is 1.21. The van der Waals surface area contributed by atoms with Crippen molar-refractivity contribution in [2.45, 2.75) is 34.3 Å². The van der Waals surface area contributed by atoms with E-state index in [1.54, 1.807) is 72.8 Å². The third-order valence-corrected chi connectivity index (χ3v) is 27.2. The number of imide groups is 3. The molecule has 30 nitrogen and oxygen atoms in total. The molecule has 0 saturated heterocycles. The van der Waals surface area contributed by atoms with Crippen molar-refractivity contribution in [3.63, 3.8) is 0 Å². The SMILES string of the molecule is O=C1c2ccccc2C(=O)N1Cc1cc2c(=O)c3cc4[nH]c5cc(Cl)c(S(=O)(=O)[O-])cc5c(=O)c4cc3[nH]c2cc1Cl.O=C1c2ccccc2C(=O)N1Cc1cc2c(=O)c3cc4[nH]c5cc(Cl)c(S(=O)(=O)[O-])cc5c(=O)c4cc3[nH]c2cc1Cl.O=C1c2ccccc2C(=O)N1Cc1cc2c(=O)c3cc4[nH]c5cc(Cl)c(S(=O)(=O)[O-])cc5c(=O)c4cc3[nH]c2cc1Cl.[Al+3]. The van der Waals surface area contributed by atoms with Crippen molar-refractivity contribution in [2.24, 2.45) is 0 Å². The minimum Gasteiger partial charge on any atom is -0.744 e. The van der Waals surface area contributed by atoms with Gasteiger partial charge in [0.2, 0.25) is 0 Å². The predicted molar refractivity (Wildman–Crippen MR) is 475 cm³/mol. The monoisotopic (exact) mass is 1880 g/mol. The van der Waals surface area contributed by atoms with E-state index < -0.39 is 113 Å². The smallest absolute Gasteiger partial charge is 0.744 e. The van der Waals surface area contributed by atoms with Gasteiger partial charge < -0.3 is 43.6 Å². The molecule has 9 heterocycles. The van der Waals surface area contributed by atoms with E-state index in [4.69, 9.17) is 69.6 Å². The van der Waals surface area contributed by atoms with E-state index >= 15 is 0 Å². The summed E-state index contributed by atoms with van der Waals surface area (Å²) in [6.07, 6.45) is 0. The molecule has 12 aromatic carbocycles. The molecule has 3 aliphatic heterocycles. The number of pyridine rings is 6. The fourth-order valence-electron chi connectivity index (χ4n) is 16.1. The zero-order valence-electron chi connectivity index (χ0n) is 63.4. The number of rotatable bonds is 9. The second kappa shape index (κ2) is 30.6. The second-order valence-electron chi connectivity index (χ2n) is 29.6. The van der Waals surface area contributed by atoms with Crippen LogP contribution in [0.15, 0.2) is 225 Å². The number of nitrogens with one attached hydrogen (secondary N) is 6. The van der Waals surface area contributed by atoms with Crippen molar-refractivity contribution < 1.29 is 67.7 Å². The van der Waals surface area contributed by atoms with Crippen LogP contribution in [0, 0.1) is 0 Å². The van der Waals surface area contributed by atoms with Gasteiger partial charge in [0, 0.05) is 79.7 Å². The predicted octanol–water partition coefficient (Wildman–Crippen LogP) is 13.7. The minimum atomic E-state index is -4.93. The van der Waals surface area contributed by atoms with E-state index in [0.717, 1.165) is 32.9 Å². The number of aromatic nitrogens is 6. The Morgan fingerprint density at radius 2 is 0.378 bits per heavy atom. The number of aromatic amines is 6. The van der Waals surface area contributed by atoms with Gasteiger partial charge in [0.25, 0.3) is 35.4 Å². The molecule has 127 heavy (non-hydrogen) atoms. The molecular weight excluding hydrogens is 1840 g/mol. The van der Waals surface area contributed by atoms with Crippen LogP contribution in [0.25, 0.3) is 131 Å². The maximum atomic E-state index is 13.7. The van der Waals surface area contributed by atoms with E-state index in [2.05, 4.69) is 29.9 Å². The molecule has 21 rings (SSSR count). The van der Waals surface area contributed by atoms with Gasteiger partial charge in [-0.3, -0.25) is 72.2 Å². The molecule has 0 radical (unpaired) electrons. The molecule has 0 fully saturated rings. The molecule has 0 unspecified atom stereocenters. The summed E-state index contributed by atoms with van der Waals surface area (Å²) in [5.41, 5.74) is 3.38. The topological polar surface area (TPSA) is 481 Å². The Bertz CT molecular complexity index is 8190. The number of fused-ring (bicyclic) bond motifs is 15. The molecule has 40 heteroatoms. The maximum Gasteiger partial charge on any atom is 3.00 e. The average molecular weight is 1890 g/mol. The first-order chi connectivity index (χ1) is 59.8. The van der Waals surface area contributed by atoms with Crippen LogP contribution in [-0.2, 0) is 50.0 Å². The van der Waals surface area contributed by atoms with Crippen molar-refractivity contribution in [2.75, 3.05) is 0 Å². The number of carbonyl (C=O) groups is 6. The van der Waals surface area contributed by atoms with E-state index in [0.29, 0.717) is 83.2 Å². The third-order valence-electron chi connectivity index (χ3n) is 22.2. The number of benzene rings is 12. The van der Waals surface area contributed by atoms with E-state index in [1.807, 2.05) is 0 Å². The summed E-state index contributed by atoms with van der Waals surface area (Å²) in [6.45, 7) is -0.424. The van der Waals surface area contributed by atoms with Gasteiger partial charge in [-0.2, -0.15) is 0 Å². The van der Waals surface area contributed by atoms with Crippen molar-refractivity contribution >= 4 is 284 Å². The molecular formula is C87H42AlCl6N9O21S3. The molecule has 0 saturated carbocycles. The fraction of sp³-hybridized carbons (Fsp3) is 0.0345. The van der Waals surface area contributed by atoms with Crippen LogP contribution < -0.4 is 32.6 Å². The average Bonchev–Trinajstić information content (AvgIpc) is 1.14. The summed E-state index contributed by atoms with van der Waals surface area (Å²) in [7, 11) is -14.8. The van der Waals surface area contributed by atoms with Crippen LogP contribution >= 0.6 is 69.6 Å². The molecule has 3 aliphatic rings. The van der Waals surface area contributed by atoms with Gasteiger partial charge in [0.15, 0.2) is 32.6 Å². The van der Waals surface area contributed by atoms with Crippen molar-refractivity contribution in [1.82, 2.24) is 44.6 Å². The molecule has 6 aromatic heterocycles. The van der Waals surface area contributed by atoms with Crippen LogP contribution in [0.1, 0.15) is 78.8 Å². The van der Waals surface area contributed by atoms with Crippen LogP contribution in [-0.4, -0.2) is 136 Å². The Labute approximate surface area is 747 Å². The maximum absolute atomic E-state index is 13.7. The van der Waals surface area contributed by atoms with Crippen LogP contribution in [0.3, 0.4) is 0 Å². The molecule has 0 spiro atoms. The zero-order chi connectivity index (χ0) is 89.0. The second-order valence-corrected chi connectivity index (χ2v) is 36.1.